The van der Waals surface area contributed by atoms with Gasteiger partial charge in [-0.05, 0) is 27.7 Å². The van der Waals surface area contributed by atoms with E-state index in [9.17, 15) is 13.2 Å². The molecule has 0 atom stereocenters. The SMILES string of the molecule is CCOC(=O)CCNS(=O)(=O)NC(C)(C)C. The van der Waals surface area contributed by atoms with Gasteiger partial charge in [-0.3, -0.25) is 4.79 Å². The quantitative estimate of drug-likeness (QED) is 0.660. The van der Waals surface area contributed by atoms with E-state index in [0.717, 1.165) is 0 Å². The van der Waals surface area contributed by atoms with E-state index in [1.54, 1.807) is 27.7 Å². The predicted molar refractivity (Wildman–Crippen MR) is 61.1 cm³/mol. The van der Waals surface area contributed by atoms with Crippen molar-refractivity contribution in [3.63, 3.8) is 0 Å². The van der Waals surface area contributed by atoms with Crippen LogP contribution in [0.4, 0.5) is 0 Å². The van der Waals surface area contributed by atoms with Gasteiger partial charge < -0.3 is 4.74 Å². The largest absolute Gasteiger partial charge is 0.466 e. The molecule has 16 heavy (non-hydrogen) atoms. The summed E-state index contributed by atoms with van der Waals surface area (Å²) in [5.41, 5.74) is -0.546. The van der Waals surface area contributed by atoms with Gasteiger partial charge in [-0.2, -0.15) is 13.1 Å². The van der Waals surface area contributed by atoms with Crippen molar-refractivity contribution < 1.29 is 17.9 Å². The second kappa shape index (κ2) is 6.17. The minimum absolute atomic E-state index is 0.0267. The summed E-state index contributed by atoms with van der Waals surface area (Å²) in [7, 11) is -3.56. The summed E-state index contributed by atoms with van der Waals surface area (Å²) in [6.45, 7) is 7.23. The summed E-state index contributed by atoms with van der Waals surface area (Å²) in [6, 6.07) is 0. The van der Waals surface area contributed by atoms with Crippen LogP contribution in [0, 0.1) is 0 Å². The third-order valence-electron chi connectivity index (χ3n) is 1.37. The first-order chi connectivity index (χ1) is 7.16. The number of carbonyl (C=O) groups is 1. The molecule has 0 aliphatic carbocycles. The third kappa shape index (κ3) is 8.63. The van der Waals surface area contributed by atoms with Gasteiger partial charge in [0.2, 0.25) is 0 Å². The molecule has 0 spiro atoms. The zero-order chi connectivity index (χ0) is 12.8. The van der Waals surface area contributed by atoms with Crippen molar-refractivity contribution in [1.29, 1.82) is 0 Å². The topological polar surface area (TPSA) is 84.5 Å². The van der Waals surface area contributed by atoms with Crippen molar-refractivity contribution in [3.8, 4) is 0 Å². The fourth-order valence-electron chi connectivity index (χ4n) is 0.960. The molecule has 7 heteroatoms. The van der Waals surface area contributed by atoms with E-state index < -0.39 is 21.7 Å². The lowest BCUT2D eigenvalue weighted by molar-refractivity contribution is -0.142. The normalized spacial score (nSPS) is 12.5. The van der Waals surface area contributed by atoms with Gasteiger partial charge in [-0.25, -0.2) is 4.72 Å². The Bertz CT molecular complexity index is 319. The second-order valence-corrected chi connectivity index (χ2v) is 5.80. The molecule has 0 aliphatic rings. The van der Waals surface area contributed by atoms with Crippen LogP contribution in [0.1, 0.15) is 34.1 Å². The number of rotatable bonds is 6. The molecule has 0 bridgehead atoms. The van der Waals surface area contributed by atoms with Crippen molar-refractivity contribution in [2.75, 3.05) is 13.2 Å². The van der Waals surface area contributed by atoms with Crippen molar-refractivity contribution in [2.24, 2.45) is 0 Å². The minimum Gasteiger partial charge on any atom is -0.466 e. The fourth-order valence-corrected chi connectivity index (χ4v) is 2.21. The molecule has 0 aliphatic heterocycles. The Hall–Kier alpha value is -0.660. The van der Waals surface area contributed by atoms with Gasteiger partial charge in [0.25, 0.3) is 10.2 Å². The molecule has 0 saturated carbocycles. The molecule has 0 radical (unpaired) electrons. The van der Waals surface area contributed by atoms with Gasteiger partial charge in [-0.1, -0.05) is 0 Å². The summed E-state index contributed by atoms with van der Waals surface area (Å²) in [5.74, 6) is -0.416. The van der Waals surface area contributed by atoms with E-state index in [4.69, 9.17) is 0 Å². The Morgan fingerprint density at radius 2 is 1.88 bits per heavy atom. The number of esters is 1. The van der Waals surface area contributed by atoms with E-state index in [0.29, 0.717) is 6.61 Å². The van der Waals surface area contributed by atoms with Gasteiger partial charge in [0.15, 0.2) is 0 Å². The van der Waals surface area contributed by atoms with Crippen LogP contribution in [0.3, 0.4) is 0 Å². The van der Waals surface area contributed by atoms with Gasteiger partial charge in [0, 0.05) is 12.1 Å². The molecular weight excluding hydrogens is 232 g/mol. The molecule has 2 N–H and O–H groups in total. The van der Waals surface area contributed by atoms with E-state index in [1.807, 2.05) is 0 Å². The standard InChI is InChI=1S/C9H20N2O4S/c1-5-15-8(12)6-7-10-16(13,14)11-9(2,3)4/h10-11H,5-7H2,1-4H3. The Morgan fingerprint density at radius 1 is 1.31 bits per heavy atom. The molecule has 0 aromatic rings. The Labute approximate surface area is 96.9 Å². The van der Waals surface area contributed by atoms with Gasteiger partial charge in [0.1, 0.15) is 0 Å². The van der Waals surface area contributed by atoms with Gasteiger partial charge in [0.05, 0.1) is 13.0 Å². The molecule has 0 aromatic heterocycles. The zero-order valence-corrected chi connectivity index (χ0v) is 11.0. The second-order valence-electron chi connectivity index (χ2n) is 4.30. The van der Waals surface area contributed by atoms with Crippen LogP contribution in [0.5, 0.6) is 0 Å². The van der Waals surface area contributed by atoms with Crippen molar-refractivity contribution >= 4 is 16.2 Å². The molecular formula is C9H20N2O4S. The zero-order valence-electron chi connectivity index (χ0n) is 10.2. The molecule has 96 valence electrons. The summed E-state index contributed by atoms with van der Waals surface area (Å²) < 4.78 is 32.2. The molecule has 0 amide bonds. The van der Waals surface area contributed by atoms with Crippen molar-refractivity contribution in [1.82, 2.24) is 9.44 Å². The molecule has 0 saturated heterocycles. The minimum atomic E-state index is -3.56. The van der Waals surface area contributed by atoms with E-state index in [-0.39, 0.29) is 13.0 Å². The summed E-state index contributed by atoms with van der Waals surface area (Å²) in [6.07, 6.45) is 0.0267. The Kier molecular flexibility index (Phi) is 5.91. The maximum absolute atomic E-state index is 11.4. The fraction of sp³-hybridized carbons (Fsp3) is 0.889. The maximum Gasteiger partial charge on any atom is 0.307 e. The number of hydrogen-bond donors (Lipinski definition) is 2. The molecule has 0 fully saturated rings. The average Bonchev–Trinajstić information content (AvgIpc) is 1.98. The lowest BCUT2D eigenvalue weighted by Crippen LogP contribution is -2.47. The highest BCUT2D eigenvalue weighted by molar-refractivity contribution is 7.87. The van der Waals surface area contributed by atoms with Crippen LogP contribution in [0.25, 0.3) is 0 Å². The van der Waals surface area contributed by atoms with Crippen molar-refractivity contribution in [2.45, 2.75) is 39.7 Å². The summed E-state index contributed by atoms with van der Waals surface area (Å²) in [5, 5.41) is 0. The van der Waals surface area contributed by atoms with E-state index >= 15 is 0 Å². The van der Waals surface area contributed by atoms with Crippen LogP contribution >= 0.6 is 0 Å². The first-order valence-electron chi connectivity index (χ1n) is 5.10. The maximum atomic E-state index is 11.4. The first-order valence-corrected chi connectivity index (χ1v) is 6.59. The highest BCUT2D eigenvalue weighted by atomic mass is 32.2. The lowest BCUT2D eigenvalue weighted by atomic mass is 10.1. The first kappa shape index (κ1) is 15.3. The number of hydrogen-bond acceptors (Lipinski definition) is 4. The smallest absolute Gasteiger partial charge is 0.307 e. The van der Waals surface area contributed by atoms with Gasteiger partial charge >= 0.3 is 5.97 Å². The van der Waals surface area contributed by atoms with Crippen LogP contribution < -0.4 is 9.44 Å². The van der Waals surface area contributed by atoms with E-state index in [1.165, 1.54) is 0 Å². The van der Waals surface area contributed by atoms with Crippen LogP contribution in [0.15, 0.2) is 0 Å². The van der Waals surface area contributed by atoms with E-state index in [2.05, 4.69) is 14.2 Å². The summed E-state index contributed by atoms with van der Waals surface area (Å²) in [4.78, 5) is 10.9. The number of carbonyl (C=O) groups excluding carboxylic acids is 1. The monoisotopic (exact) mass is 252 g/mol. The number of nitrogens with one attached hydrogen (secondary N) is 2. The predicted octanol–water partition coefficient (Wildman–Crippen LogP) is 0.162. The third-order valence-corrected chi connectivity index (χ3v) is 2.83. The van der Waals surface area contributed by atoms with Crippen LogP contribution in [0.2, 0.25) is 0 Å². The van der Waals surface area contributed by atoms with Crippen LogP contribution in [-0.4, -0.2) is 33.1 Å². The average molecular weight is 252 g/mol. The highest BCUT2D eigenvalue weighted by Gasteiger charge is 2.19. The molecule has 6 nitrogen and oxygen atoms in total. The number of ether oxygens (including phenoxy) is 1. The summed E-state index contributed by atoms with van der Waals surface area (Å²) >= 11 is 0. The lowest BCUT2D eigenvalue weighted by Gasteiger charge is -2.20. The Morgan fingerprint density at radius 3 is 2.31 bits per heavy atom. The molecule has 0 heterocycles. The van der Waals surface area contributed by atoms with Crippen LogP contribution in [-0.2, 0) is 19.7 Å². The van der Waals surface area contributed by atoms with Crippen molar-refractivity contribution in [3.05, 3.63) is 0 Å². The highest BCUT2D eigenvalue weighted by Crippen LogP contribution is 2.00. The Balaban J connectivity index is 3.97. The van der Waals surface area contributed by atoms with Gasteiger partial charge in [-0.15, -0.1) is 0 Å². The molecule has 0 unspecified atom stereocenters. The molecule has 0 rings (SSSR count). The molecule has 0 aromatic carbocycles.